The zero-order chi connectivity index (χ0) is 18.9. The molecule has 27 heavy (non-hydrogen) atoms. The second kappa shape index (κ2) is 10.3. The first-order valence-electron chi connectivity index (χ1n) is 9.80. The molecular formula is C20H29N3O4. The first-order chi connectivity index (χ1) is 13.2. The number of hydrogen-bond acceptors (Lipinski definition) is 5. The van der Waals surface area contributed by atoms with Gasteiger partial charge in [0.05, 0.1) is 13.2 Å². The molecule has 148 valence electrons. The van der Waals surface area contributed by atoms with Crippen LogP contribution < -0.4 is 15.5 Å². The maximum Gasteiger partial charge on any atom is 0.250 e. The third-order valence-corrected chi connectivity index (χ3v) is 4.96. The van der Waals surface area contributed by atoms with Crippen molar-refractivity contribution in [2.24, 2.45) is 0 Å². The Kier molecular flexibility index (Phi) is 7.47. The lowest BCUT2D eigenvalue weighted by Crippen LogP contribution is -2.38. The summed E-state index contributed by atoms with van der Waals surface area (Å²) in [5.41, 5.74) is 1.83. The van der Waals surface area contributed by atoms with Gasteiger partial charge in [0.2, 0.25) is 11.8 Å². The van der Waals surface area contributed by atoms with Crippen LogP contribution >= 0.6 is 0 Å². The van der Waals surface area contributed by atoms with Crippen LogP contribution in [0.15, 0.2) is 24.3 Å². The third-order valence-electron chi connectivity index (χ3n) is 4.96. The monoisotopic (exact) mass is 375 g/mol. The zero-order valence-electron chi connectivity index (χ0n) is 15.7. The predicted octanol–water partition coefficient (Wildman–Crippen LogP) is 1.93. The molecule has 1 aromatic rings. The van der Waals surface area contributed by atoms with Gasteiger partial charge in [-0.25, -0.2) is 0 Å². The van der Waals surface area contributed by atoms with E-state index in [4.69, 9.17) is 9.47 Å². The highest BCUT2D eigenvalue weighted by Crippen LogP contribution is 2.19. The van der Waals surface area contributed by atoms with Crippen LogP contribution in [0.5, 0.6) is 0 Å². The number of anilines is 2. The largest absolute Gasteiger partial charge is 0.378 e. The Morgan fingerprint density at radius 1 is 1.00 bits per heavy atom. The molecule has 1 saturated carbocycles. The minimum absolute atomic E-state index is 0.0834. The third kappa shape index (κ3) is 6.52. The van der Waals surface area contributed by atoms with Crippen molar-refractivity contribution in [1.29, 1.82) is 0 Å². The van der Waals surface area contributed by atoms with E-state index in [0.717, 1.165) is 44.8 Å². The van der Waals surface area contributed by atoms with E-state index in [2.05, 4.69) is 15.5 Å². The van der Waals surface area contributed by atoms with E-state index in [1.165, 1.54) is 19.3 Å². The molecule has 3 rings (SSSR count). The zero-order valence-corrected chi connectivity index (χ0v) is 15.7. The molecule has 1 heterocycles. The number of carbonyl (C=O) groups is 2. The Morgan fingerprint density at radius 2 is 1.67 bits per heavy atom. The van der Waals surface area contributed by atoms with Crippen LogP contribution in [0.2, 0.25) is 0 Å². The summed E-state index contributed by atoms with van der Waals surface area (Å²) in [4.78, 5) is 26.1. The summed E-state index contributed by atoms with van der Waals surface area (Å²) in [6, 6.07) is 7.98. The number of hydrogen-bond donors (Lipinski definition) is 2. The van der Waals surface area contributed by atoms with Crippen LogP contribution in [0, 0.1) is 0 Å². The summed E-state index contributed by atoms with van der Waals surface area (Å²) in [6.45, 7) is 3.02. The number of carbonyl (C=O) groups excluding carboxylic acids is 2. The van der Waals surface area contributed by atoms with E-state index in [-0.39, 0.29) is 31.1 Å². The predicted molar refractivity (Wildman–Crippen MR) is 104 cm³/mol. The molecule has 2 aliphatic rings. The summed E-state index contributed by atoms with van der Waals surface area (Å²) in [5, 5.41) is 5.76. The molecule has 1 aliphatic heterocycles. The number of morpholine rings is 1. The maximum absolute atomic E-state index is 12.0. The molecule has 0 spiro atoms. The lowest BCUT2D eigenvalue weighted by Gasteiger charge is -2.28. The van der Waals surface area contributed by atoms with Gasteiger partial charge in [0.25, 0.3) is 0 Å². The van der Waals surface area contributed by atoms with Crippen molar-refractivity contribution in [1.82, 2.24) is 5.32 Å². The molecule has 0 unspecified atom stereocenters. The van der Waals surface area contributed by atoms with Crippen LogP contribution in [0.1, 0.15) is 32.1 Å². The highest BCUT2D eigenvalue weighted by atomic mass is 16.5. The molecule has 0 aromatic heterocycles. The lowest BCUT2D eigenvalue weighted by atomic mass is 9.95. The summed E-state index contributed by atoms with van der Waals surface area (Å²) in [6.07, 6.45) is 5.65. The van der Waals surface area contributed by atoms with Crippen molar-refractivity contribution in [3.63, 3.8) is 0 Å². The highest BCUT2D eigenvalue weighted by Gasteiger charge is 2.16. The Morgan fingerprint density at radius 3 is 2.37 bits per heavy atom. The molecule has 2 N–H and O–H groups in total. The molecule has 7 heteroatoms. The van der Waals surface area contributed by atoms with Gasteiger partial charge in [-0.1, -0.05) is 19.3 Å². The first kappa shape index (κ1) is 19.6. The molecule has 1 saturated heterocycles. The van der Waals surface area contributed by atoms with Gasteiger partial charge < -0.3 is 25.0 Å². The summed E-state index contributed by atoms with van der Waals surface area (Å²) >= 11 is 0. The van der Waals surface area contributed by atoms with Crippen LogP contribution in [-0.4, -0.2) is 57.4 Å². The van der Waals surface area contributed by atoms with Gasteiger partial charge in [-0.3, -0.25) is 9.59 Å². The quantitative estimate of drug-likeness (QED) is 0.761. The molecule has 2 amide bonds. The molecular weight excluding hydrogens is 346 g/mol. The van der Waals surface area contributed by atoms with E-state index in [1.54, 1.807) is 0 Å². The second-order valence-electron chi connectivity index (χ2n) is 7.09. The number of ether oxygens (including phenoxy) is 2. The average molecular weight is 375 g/mol. The van der Waals surface area contributed by atoms with E-state index >= 15 is 0 Å². The van der Waals surface area contributed by atoms with Gasteiger partial charge in [0, 0.05) is 30.5 Å². The average Bonchev–Trinajstić information content (AvgIpc) is 2.70. The molecule has 1 aromatic carbocycles. The summed E-state index contributed by atoms with van der Waals surface area (Å²) in [5.74, 6) is -0.413. The van der Waals surface area contributed by atoms with Crippen molar-refractivity contribution in [2.45, 2.75) is 38.1 Å². The van der Waals surface area contributed by atoms with Crippen molar-refractivity contribution in [3.8, 4) is 0 Å². The lowest BCUT2D eigenvalue weighted by molar-refractivity contribution is -0.129. The topological polar surface area (TPSA) is 79.9 Å². The van der Waals surface area contributed by atoms with Crippen molar-refractivity contribution < 1.29 is 19.1 Å². The van der Waals surface area contributed by atoms with E-state index in [9.17, 15) is 9.59 Å². The molecule has 0 radical (unpaired) electrons. The normalized spacial score (nSPS) is 18.1. The van der Waals surface area contributed by atoms with E-state index < -0.39 is 0 Å². The van der Waals surface area contributed by atoms with Crippen LogP contribution in [0.4, 0.5) is 11.4 Å². The highest BCUT2D eigenvalue weighted by molar-refractivity contribution is 5.92. The van der Waals surface area contributed by atoms with Gasteiger partial charge >= 0.3 is 0 Å². The van der Waals surface area contributed by atoms with Crippen molar-refractivity contribution in [2.75, 3.05) is 49.7 Å². The number of nitrogens with zero attached hydrogens (tertiary/aromatic N) is 1. The minimum atomic E-state index is -0.264. The number of rotatable bonds is 7. The molecule has 2 fully saturated rings. The molecule has 0 bridgehead atoms. The minimum Gasteiger partial charge on any atom is -0.378 e. The summed E-state index contributed by atoms with van der Waals surface area (Å²) < 4.78 is 10.6. The van der Waals surface area contributed by atoms with Gasteiger partial charge in [-0.05, 0) is 37.1 Å². The maximum atomic E-state index is 12.0. The Bertz CT molecular complexity index is 608. The standard InChI is InChI=1S/C20H29N3O4/c24-19(21-16-4-2-1-3-5-16)14-27-15-20(25)22-17-6-8-18(9-7-17)23-10-12-26-13-11-23/h6-9,16H,1-5,10-15H2,(H,21,24)(H,22,25). The fourth-order valence-electron chi connectivity index (χ4n) is 3.53. The van der Waals surface area contributed by atoms with Gasteiger partial charge in [0.15, 0.2) is 0 Å². The molecule has 1 aliphatic carbocycles. The van der Waals surface area contributed by atoms with Crippen LogP contribution in [0.3, 0.4) is 0 Å². The molecule has 0 atom stereocenters. The smallest absolute Gasteiger partial charge is 0.250 e. The van der Waals surface area contributed by atoms with Crippen molar-refractivity contribution in [3.05, 3.63) is 24.3 Å². The fourth-order valence-corrected chi connectivity index (χ4v) is 3.53. The fraction of sp³-hybridized carbons (Fsp3) is 0.600. The van der Waals surface area contributed by atoms with Gasteiger partial charge in [-0.15, -0.1) is 0 Å². The van der Waals surface area contributed by atoms with E-state index in [1.807, 2.05) is 24.3 Å². The number of amides is 2. The van der Waals surface area contributed by atoms with Crippen molar-refractivity contribution >= 4 is 23.2 Å². The van der Waals surface area contributed by atoms with E-state index in [0.29, 0.717) is 5.69 Å². The van der Waals surface area contributed by atoms with Gasteiger partial charge in [-0.2, -0.15) is 0 Å². The molecule has 7 nitrogen and oxygen atoms in total. The Hall–Kier alpha value is -2.12. The second-order valence-corrected chi connectivity index (χ2v) is 7.09. The Balaban J connectivity index is 1.34. The van der Waals surface area contributed by atoms with Crippen LogP contribution in [0.25, 0.3) is 0 Å². The first-order valence-corrected chi connectivity index (χ1v) is 9.80. The van der Waals surface area contributed by atoms with Crippen LogP contribution in [-0.2, 0) is 19.1 Å². The summed E-state index contributed by atoms with van der Waals surface area (Å²) in [7, 11) is 0. The SMILES string of the molecule is O=C(COCC(=O)NC1CCCCC1)Nc1ccc(N2CCOCC2)cc1. The number of benzene rings is 1. The number of nitrogens with one attached hydrogen (secondary N) is 2. The van der Waals surface area contributed by atoms with Gasteiger partial charge in [0.1, 0.15) is 13.2 Å². The Labute approximate surface area is 160 Å².